The first-order valence-electron chi connectivity index (χ1n) is 14.3. The number of hydrogen-bond acceptors (Lipinski definition) is 4. The maximum atomic E-state index is 12.9. The number of ether oxygens (including phenoxy) is 1. The summed E-state index contributed by atoms with van der Waals surface area (Å²) >= 11 is 0. The molecule has 0 bridgehead atoms. The van der Waals surface area contributed by atoms with Crippen LogP contribution in [0.15, 0.2) is 0 Å². The van der Waals surface area contributed by atoms with E-state index < -0.39 is 17.8 Å². The number of ketones is 1. The van der Waals surface area contributed by atoms with Crippen LogP contribution in [0.4, 0.5) is 0 Å². The summed E-state index contributed by atoms with van der Waals surface area (Å²) in [5.74, 6) is 2.84. The van der Waals surface area contributed by atoms with Gasteiger partial charge in [0.1, 0.15) is 11.9 Å². The SMILES string of the molecule is CC(C)(O)C1OCC(C2CCC3(C)C4CCC5C(C)(C)C(=O)CCC56CC46CCC23C)CC1O. The Morgan fingerprint density at radius 1 is 0.912 bits per heavy atom. The van der Waals surface area contributed by atoms with Gasteiger partial charge in [0.2, 0.25) is 0 Å². The van der Waals surface area contributed by atoms with Crippen LogP contribution < -0.4 is 0 Å². The Balaban J connectivity index is 1.27. The van der Waals surface area contributed by atoms with Gasteiger partial charge >= 0.3 is 0 Å². The molecule has 1 aliphatic heterocycles. The van der Waals surface area contributed by atoms with E-state index in [4.69, 9.17) is 4.74 Å². The van der Waals surface area contributed by atoms with E-state index in [-0.39, 0.29) is 10.8 Å². The van der Waals surface area contributed by atoms with Crippen LogP contribution in [-0.4, -0.2) is 40.4 Å². The van der Waals surface area contributed by atoms with Gasteiger partial charge in [0.25, 0.3) is 0 Å². The van der Waals surface area contributed by atoms with Crippen LogP contribution in [0.1, 0.15) is 106 Å². The topological polar surface area (TPSA) is 66.8 Å². The molecule has 0 aromatic rings. The van der Waals surface area contributed by atoms with Gasteiger partial charge in [0.05, 0.1) is 18.3 Å². The highest BCUT2D eigenvalue weighted by atomic mass is 16.5. The minimum atomic E-state index is -1.01. The molecule has 0 aromatic carbocycles. The zero-order valence-electron chi connectivity index (χ0n) is 22.5. The molecule has 2 N–H and O–H groups in total. The van der Waals surface area contributed by atoms with Crippen molar-refractivity contribution in [3.63, 3.8) is 0 Å². The number of carbonyl (C=O) groups is 1. The van der Waals surface area contributed by atoms with Crippen molar-refractivity contribution in [2.75, 3.05) is 6.61 Å². The lowest BCUT2D eigenvalue weighted by Crippen LogP contribution is -2.58. The molecule has 1 heterocycles. The van der Waals surface area contributed by atoms with E-state index in [1.54, 1.807) is 13.8 Å². The summed E-state index contributed by atoms with van der Waals surface area (Å²) in [6, 6.07) is 0. The molecule has 34 heavy (non-hydrogen) atoms. The molecule has 1 saturated heterocycles. The molecule has 6 aliphatic rings. The summed E-state index contributed by atoms with van der Waals surface area (Å²) in [5, 5.41) is 21.3. The Morgan fingerprint density at radius 2 is 1.59 bits per heavy atom. The van der Waals surface area contributed by atoms with Crippen molar-refractivity contribution in [1.82, 2.24) is 0 Å². The predicted molar refractivity (Wildman–Crippen MR) is 132 cm³/mol. The highest BCUT2D eigenvalue weighted by Gasteiger charge is 2.82. The summed E-state index contributed by atoms with van der Waals surface area (Å²) in [6.45, 7) is 13.9. The van der Waals surface area contributed by atoms with Crippen molar-refractivity contribution < 1.29 is 19.7 Å². The summed E-state index contributed by atoms with van der Waals surface area (Å²) < 4.78 is 6.14. The van der Waals surface area contributed by atoms with E-state index in [1.165, 1.54) is 44.9 Å². The molecule has 4 nitrogen and oxygen atoms in total. The highest BCUT2D eigenvalue weighted by Crippen LogP contribution is 2.88. The van der Waals surface area contributed by atoms with Crippen LogP contribution in [0.3, 0.4) is 0 Å². The number of Topliss-reactive ketones (excluding diaryl/α,β-unsaturated/α-hetero) is 1. The van der Waals surface area contributed by atoms with Gasteiger partial charge in [-0.25, -0.2) is 0 Å². The summed E-state index contributed by atoms with van der Waals surface area (Å²) in [7, 11) is 0. The summed E-state index contributed by atoms with van der Waals surface area (Å²) in [5.41, 5.74) is 0.386. The standard InChI is InChI=1S/C30H48O4/c1-25(2)21-7-8-22-28(6)11-9-19(18-15-20(31)24(34-16-18)26(3,4)33)27(28,5)13-14-30(22)17-29(21,30)12-10-23(25)32/h18-22,24,31,33H,7-17H2,1-6H3. The lowest BCUT2D eigenvalue weighted by Gasteiger charge is -2.63. The van der Waals surface area contributed by atoms with Crippen molar-refractivity contribution in [2.45, 2.75) is 124 Å². The Morgan fingerprint density at radius 3 is 2.26 bits per heavy atom. The van der Waals surface area contributed by atoms with E-state index in [9.17, 15) is 15.0 Å². The van der Waals surface area contributed by atoms with Gasteiger partial charge in [0, 0.05) is 11.8 Å². The highest BCUT2D eigenvalue weighted by molar-refractivity contribution is 5.86. The molecule has 4 heteroatoms. The van der Waals surface area contributed by atoms with Gasteiger partial charge in [0.15, 0.2) is 0 Å². The zero-order chi connectivity index (χ0) is 24.5. The monoisotopic (exact) mass is 472 g/mol. The fraction of sp³-hybridized carbons (Fsp3) is 0.967. The third-order valence-electron chi connectivity index (χ3n) is 13.6. The molecule has 0 aromatic heterocycles. The first-order valence-corrected chi connectivity index (χ1v) is 14.3. The molecule has 10 unspecified atom stereocenters. The fourth-order valence-corrected chi connectivity index (χ4v) is 11.8. The Bertz CT molecular complexity index is 889. The smallest absolute Gasteiger partial charge is 0.138 e. The van der Waals surface area contributed by atoms with E-state index >= 15 is 0 Å². The minimum Gasteiger partial charge on any atom is -0.390 e. The van der Waals surface area contributed by atoms with Crippen LogP contribution in [0.25, 0.3) is 0 Å². The van der Waals surface area contributed by atoms with E-state index in [0.29, 0.717) is 46.4 Å². The molecule has 6 fully saturated rings. The van der Waals surface area contributed by atoms with Crippen LogP contribution in [0.5, 0.6) is 0 Å². The summed E-state index contributed by atoms with van der Waals surface area (Å²) in [4.78, 5) is 12.9. The van der Waals surface area contributed by atoms with Crippen molar-refractivity contribution in [2.24, 2.45) is 50.7 Å². The normalized spacial score (nSPS) is 56.2. The molecule has 5 aliphatic carbocycles. The van der Waals surface area contributed by atoms with Gasteiger partial charge in [-0.3, -0.25) is 4.79 Å². The van der Waals surface area contributed by atoms with Crippen molar-refractivity contribution in [3.05, 3.63) is 0 Å². The van der Waals surface area contributed by atoms with Gasteiger partial charge < -0.3 is 14.9 Å². The molecular formula is C30H48O4. The van der Waals surface area contributed by atoms with Gasteiger partial charge in [-0.1, -0.05) is 27.7 Å². The van der Waals surface area contributed by atoms with Crippen LogP contribution in [0.2, 0.25) is 0 Å². The first-order chi connectivity index (χ1) is 15.7. The van der Waals surface area contributed by atoms with Crippen LogP contribution in [-0.2, 0) is 9.53 Å². The number of carbonyl (C=O) groups excluding carboxylic acids is 1. The zero-order valence-corrected chi connectivity index (χ0v) is 22.5. The maximum absolute atomic E-state index is 12.9. The molecule has 2 spiro atoms. The Kier molecular flexibility index (Phi) is 4.85. The first kappa shape index (κ1) is 23.9. The second-order valence-corrected chi connectivity index (χ2v) is 15.3. The Labute approximate surface area is 206 Å². The third kappa shape index (κ3) is 2.69. The number of hydrogen-bond donors (Lipinski definition) is 2. The van der Waals surface area contributed by atoms with Crippen molar-refractivity contribution in [3.8, 4) is 0 Å². The molecule has 10 atom stereocenters. The van der Waals surface area contributed by atoms with Gasteiger partial charge in [-0.15, -0.1) is 0 Å². The second-order valence-electron chi connectivity index (χ2n) is 15.3. The predicted octanol–water partition coefficient (Wildman–Crippen LogP) is 5.53. The van der Waals surface area contributed by atoms with Crippen molar-refractivity contribution >= 4 is 5.78 Å². The third-order valence-corrected chi connectivity index (χ3v) is 13.6. The average molecular weight is 473 g/mol. The van der Waals surface area contributed by atoms with Crippen molar-refractivity contribution in [1.29, 1.82) is 0 Å². The number of fused-ring (bicyclic) bond motifs is 2. The van der Waals surface area contributed by atoms with Crippen LogP contribution in [0, 0.1) is 50.7 Å². The minimum absolute atomic E-state index is 0.140. The van der Waals surface area contributed by atoms with Gasteiger partial charge in [-0.05, 0) is 117 Å². The molecule has 0 radical (unpaired) electrons. The van der Waals surface area contributed by atoms with E-state index in [2.05, 4.69) is 27.7 Å². The number of aliphatic hydroxyl groups excluding tert-OH is 1. The molecule has 6 rings (SSSR count). The molecule has 5 saturated carbocycles. The lowest BCUT2D eigenvalue weighted by molar-refractivity contribution is -0.194. The molecule has 192 valence electrons. The number of aliphatic hydroxyl groups is 2. The number of rotatable bonds is 2. The largest absolute Gasteiger partial charge is 0.390 e. The lowest BCUT2D eigenvalue weighted by atomic mass is 9.42. The fourth-order valence-electron chi connectivity index (χ4n) is 11.8. The second kappa shape index (κ2) is 6.90. The van der Waals surface area contributed by atoms with E-state index in [0.717, 1.165) is 25.2 Å². The van der Waals surface area contributed by atoms with Crippen LogP contribution >= 0.6 is 0 Å². The Hall–Kier alpha value is -0.450. The summed E-state index contributed by atoms with van der Waals surface area (Å²) in [6.07, 6.45) is 10.7. The van der Waals surface area contributed by atoms with Gasteiger partial charge in [-0.2, -0.15) is 0 Å². The quantitative estimate of drug-likeness (QED) is 0.554. The molecule has 0 amide bonds. The maximum Gasteiger partial charge on any atom is 0.138 e. The average Bonchev–Trinajstić information content (AvgIpc) is 3.33. The molecular weight excluding hydrogens is 424 g/mol. The van der Waals surface area contributed by atoms with E-state index in [1.807, 2.05) is 0 Å².